The molecule has 7 heteroatoms. The molecule has 0 unspecified atom stereocenters. The first-order valence-corrected chi connectivity index (χ1v) is 10.1. The highest BCUT2D eigenvalue weighted by Crippen LogP contribution is 2.39. The fourth-order valence-electron chi connectivity index (χ4n) is 3.83. The number of furan rings is 1. The second-order valence-corrected chi connectivity index (χ2v) is 8.46. The predicted molar refractivity (Wildman–Crippen MR) is 119 cm³/mol. The van der Waals surface area contributed by atoms with Crippen LogP contribution in [0.15, 0.2) is 74.4 Å². The first kappa shape index (κ1) is 20.5. The van der Waals surface area contributed by atoms with Gasteiger partial charge in [0.2, 0.25) is 0 Å². The lowest BCUT2D eigenvalue weighted by Crippen LogP contribution is -2.27. The van der Waals surface area contributed by atoms with Gasteiger partial charge in [0.1, 0.15) is 5.76 Å². The highest BCUT2D eigenvalue weighted by molar-refractivity contribution is 6.09. The van der Waals surface area contributed by atoms with Gasteiger partial charge >= 0.3 is 0 Å². The number of carbonyl (C=O) groups excluding carboxylic acids is 1. The normalized spacial score (nSPS) is 16.4. The van der Waals surface area contributed by atoms with Crippen molar-refractivity contribution in [2.45, 2.75) is 33.6 Å². The number of fused-ring (bicyclic) bond motifs is 1. The Balaban J connectivity index is 1.50. The summed E-state index contributed by atoms with van der Waals surface area (Å²) in [4.78, 5) is 12.9. The van der Waals surface area contributed by atoms with Gasteiger partial charge in [-0.1, -0.05) is 37.2 Å². The molecule has 0 spiro atoms. The Labute approximate surface area is 180 Å². The molecule has 2 N–H and O–H groups in total. The number of nitrogens with one attached hydrogen (secondary N) is 1. The molecule has 1 amide bonds. The number of carbonyl (C=O) groups is 1. The highest BCUT2D eigenvalue weighted by Gasteiger charge is 2.36. The van der Waals surface area contributed by atoms with Gasteiger partial charge in [0.15, 0.2) is 5.76 Å². The van der Waals surface area contributed by atoms with E-state index in [-0.39, 0.29) is 17.1 Å². The number of hydrogen-bond donors (Lipinski definition) is 2. The van der Waals surface area contributed by atoms with Crippen LogP contribution in [0, 0.1) is 12.3 Å². The van der Waals surface area contributed by atoms with Crippen LogP contribution in [0.1, 0.15) is 47.7 Å². The molecule has 0 saturated carbocycles. The predicted octanol–water partition coefficient (Wildman–Crippen LogP) is 6.41. The van der Waals surface area contributed by atoms with E-state index in [9.17, 15) is 10.0 Å². The Hall–Kier alpha value is -3.74. The smallest absolute Gasteiger partial charge is 0.291 e. The van der Waals surface area contributed by atoms with Crippen LogP contribution in [0.25, 0.3) is 0 Å². The van der Waals surface area contributed by atoms with E-state index in [1.54, 1.807) is 24.3 Å². The van der Waals surface area contributed by atoms with Crippen molar-refractivity contribution in [2.24, 2.45) is 20.8 Å². The van der Waals surface area contributed by atoms with Gasteiger partial charge in [0.25, 0.3) is 5.91 Å². The maximum Gasteiger partial charge on any atom is 0.291 e. The van der Waals surface area contributed by atoms with Gasteiger partial charge in [0.05, 0.1) is 17.1 Å². The number of nitrogens with zero attached hydrogens (tertiary/aromatic N) is 3. The van der Waals surface area contributed by atoms with Crippen molar-refractivity contribution in [2.75, 3.05) is 5.32 Å². The first-order valence-electron chi connectivity index (χ1n) is 10.1. The van der Waals surface area contributed by atoms with Crippen LogP contribution < -0.4 is 5.32 Å². The number of rotatable bonds is 4. The maximum atomic E-state index is 12.9. The minimum absolute atomic E-state index is 0.100. The van der Waals surface area contributed by atoms with E-state index in [4.69, 9.17) is 4.42 Å². The van der Waals surface area contributed by atoms with Gasteiger partial charge in [-0.05, 0) is 55.2 Å². The molecule has 0 aliphatic heterocycles. The number of oxime groups is 1. The Morgan fingerprint density at radius 1 is 1.00 bits per heavy atom. The van der Waals surface area contributed by atoms with Crippen molar-refractivity contribution < 1.29 is 14.4 Å². The molecule has 1 aliphatic rings. The SMILES string of the molecule is Cc1c(C(=O)Nc2ccc(N=Nc3ccccc3)cc2)oc2c1C(=NO)CC(C)(C)C2. The Morgan fingerprint density at radius 3 is 2.29 bits per heavy atom. The molecular formula is C24H24N4O3. The quantitative estimate of drug-likeness (QED) is 0.292. The second-order valence-electron chi connectivity index (χ2n) is 8.46. The monoisotopic (exact) mass is 416 g/mol. The molecule has 4 rings (SSSR count). The van der Waals surface area contributed by atoms with Gasteiger partial charge in [-0.2, -0.15) is 10.2 Å². The summed E-state index contributed by atoms with van der Waals surface area (Å²) < 4.78 is 5.91. The van der Waals surface area contributed by atoms with E-state index >= 15 is 0 Å². The molecule has 0 fully saturated rings. The van der Waals surface area contributed by atoms with Crippen molar-refractivity contribution in [1.82, 2.24) is 0 Å². The summed E-state index contributed by atoms with van der Waals surface area (Å²) in [7, 11) is 0. The summed E-state index contributed by atoms with van der Waals surface area (Å²) in [5.41, 5.74) is 3.95. The van der Waals surface area contributed by atoms with Crippen molar-refractivity contribution >= 4 is 28.7 Å². The second kappa shape index (κ2) is 8.18. The minimum Gasteiger partial charge on any atom is -0.455 e. The van der Waals surface area contributed by atoms with Crippen LogP contribution in [-0.4, -0.2) is 16.8 Å². The van der Waals surface area contributed by atoms with Gasteiger partial charge in [-0.15, -0.1) is 0 Å². The van der Waals surface area contributed by atoms with Crippen LogP contribution in [0.5, 0.6) is 0 Å². The number of benzene rings is 2. The van der Waals surface area contributed by atoms with Crippen LogP contribution in [0.3, 0.4) is 0 Å². The van der Waals surface area contributed by atoms with Crippen LogP contribution in [-0.2, 0) is 6.42 Å². The van der Waals surface area contributed by atoms with E-state index in [1.807, 2.05) is 37.3 Å². The standard InChI is InChI=1S/C24H24N4O3/c1-15-21-19(28-30)13-24(2,3)14-20(21)31-22(15)23(29)25-16-9-11-18(12-10-16)27-26-17-7-5-4-6-8-17/h4-12,30H,13-14H2,1-3H3,(H,25,29). The van der Waals surface area contributed by atoms with E-state index in [1.165, 1.54) is 0 Å². The molecule has 0 saturated heterocycles. The molecule has 158 valence electrons. The summed E-state index contributed by atoms with van der Waals surface area (Å²) >= 11 is 0. The van der Waals surface area contributed by atoms with Crippen LogP contribution >= 0.6 is 0 Å². The number of amides is 1. The first-order chi connectivity index (χ1) is 14.9. The van der Waals surface area contributed by atoms with E-state index in [2.05, 4.69) is 34.5 Å². The van der Waals surface area contributed by atoms with E-state index < -0.39 is 0 Å². The Bertz CT molecular complexity index is 1160. The fraction of sp³-hybridized carbons (Fsp3) is 0.250. The summed E-state index contributed by atoms with van der Waals surface area (Å²) in [5, 5.41) is 24.1. The van der Waals surface area contributed by atoms with Crippen molar-refractivity contribution in [3.05, 3.63) is 77.2 Å². The zero-order valence-corrected chi connectivity index (χ0v) is 17.7. The minimum atomic E-state index is -0.347. The lowest BCUT2D eigenvalue weighted by molar-refractivity contribution is 0.0993. The van der Waals surface area contributed by atoms with Crippen LogP contribution in [0.2, 0.25) is 0 Å². The maximum absolute atomic E-state index is 12.9. The third-order valence-electron chi connectivity index (χ3n) is 5.28. The van der Waals surface area contributed by atoms with E-state index in [0.717, 1.165) is 11.3 Å². The van der Waals surface area contributed by atoms with Gasteiger partial charge in [-0.3, -0.25) is 4.79 Å². The van der Waals surface area contributed by atoms with Gasteiger partial charge in [-0.25, -0.2) is 0 Å². The van der Waals surface area contributed by atoms with Crippen LogP contribution in [0.4, 0.5) is 17.1 Å². The summed E-state index contributed by atoms with van der Waals surface area (Å²) in [5.74, 6) is 0.570. The molecule has 1 aromatic heterocycles. The molecule has 7 nitrogen and oxygen atoms in total. The number of hydrogen-bond acceptors (Lipinski definition) is 6. The molecule has 0 atom stereocenters. The molecule has 0 bridgehead atoms. The third-order valence-corrected chi connectivity index (χ3v) is 5.28. The third kappa shape index (κ3) is 4.40. The Kier molecular flexibility index (Phi) is 5.42. The molecule has 31 heavy (non-hydrogen) atoms. The van der Waals surface area contributed by atoms with Crippen molar-refractivity contribution in [3.63, 3.8) is 0 Å². The highest BCUT2D eigenvalue weighted by atomic mass is 16.4. The van der Waals surface area contributed by atoms with Gasteiger partial charge in [0, 0.05) is 23.2 Å². The fourth-order valence-corrected chi connectivity index (χ4v) is 3.83. The average molecular weight is 416 g/mol. The molecule has 0 radical (unpaired) electrons. The molecule has 1 heterocycles. The number of azo groups is 1. The van der Waals surface area contributed by atoms with Crippen molar-refractivity contribution in [1.29, 1.82) is 0 Å². The lowest BCUT2D eigenvalue weighted by atomic mass is 9.75. The lowest BCUT2D eigenvalue weighted by Gasteiger charge is -2.28. The molecule has 3 aromatic rings. The molecular weight excluding hydrogens is 392 g/mol. The topological polar surface area (TPSA) is 99.6 Å². The molecule has 2 aromatic carbocycles. The molecule has 1 aliphatic carbocycles. The largest absolute Gasteiger partial charge is 0.455 e. The summed E-state index contributed by atoms with van der Waals surface area (Å²) in [6, 6.07) is 16.6. The summed E-state index contributed by atoms with van der Waals surface area (Å²) in [6.07, 6.45) is 1.30. The number of anilines is 1. The van der Waals surface area contributed by atoms with E-state index in [0.29, 0.717) is 41.3 Å². The average Bonchev–Trinajstić information content (AvgIpc) is 3.08. The summed E-state index contributed by atoms with van der Waals surface area (Å²) in [6.45, 7) is 5.97. The van der Waals surface area contributed by atoms with Crippen molar-refractivity contribution in [3.8, 4) is 0 Å². The zero-order valence-electron chi connectivity index (χ0n) is 17.7. The zero-order chi connectivity index (χ0) is 22.0. The Morgan fingerprint density at radius 2 is 1.65 bits per heavy atom. The van der Waals surface area contributed by atoms with Gasteiger partial charge < -0.3 is 14.9 Å².